The van der Waals surface area contributed by atoms with Crippen LogP contribution in [-0.2, 0) is 9.53 Å². The van der Waals surface area contributed by atoms with E-state index in [9.17, 15) is 4.79 Å². The third-order valence-electron chi connectivity index (χ3n) is 0.669. The molecule has 1 heterocycles. The van der Waals surface area contributed by atoms with Crippen LogP contribution in [0.4, 0.5) is 0 Å². The van der Waals surface area contributed by atoms with Gasteiger partial charge in [0.05, 0.1) is 6.54 Å². The molecule has 0 aromatic heterocycles. The Balaban J connectivity index is 0.000000162. The van der Waals surface area contributed by atoms with E-state index in [-0.39, 0.29) is 0 Å². The molecule has 1 rings (SSSR count). The predicted octanol–water partition coefficient (Wildman–Crippen LogP) is 0.594. The zero-order valence-corrected chi connectivity index (χ0v) is 5.83. The smallest absolute Gasteiger partial charge is 0.273 e. The number of rotatable bonds is 1. The second-order valence-electron chi connectivity index (χ2n) is 1.44. The fraction of sp³-hybridized carbons (Fsp3) is 0.429. The van der Waals surface area contributed by atoms with Gasteiger partial charge in [0.2, 0.25) is 6.29 Å². The Morgan fingerprint density at radius 2 is 2.60 bits per heavy atom. The summed E-state index contributed by atoms with van der Waals surface area (Å²) in [6.07, 6.45) is 6.89. The van der Waals surface area contributed by atoms with E-state index >= 15 is 0 Å². The number of allylic oxidation sites excluding steroid dienone is 2. The molecule has 0 saturated carbocycles. The van der Waals surface area contributed by atoms with Crippen LogP contribution in [0.15, 0.2) is 17.1 Å². The maximum absolute atomic E-state index is 9.19. The van der Waals surface area contributed by atoms with Gasteiger partial charge in [0.1, 0.15) is 6.61 Å². The van der Waals surface area contributed by atoms with Gasteiger partial charge in [-0.2, -0.15) is 0 Å². The summed E-state index contributed by atoms with van der Waals surface area (Å²) in [4.78, 5) is 12.8. The SMILES string of the molecule is CC=C[C]=O.[C]1=NCCO1. The summed E-state index contributed by atoms with van der Waals surface area (Å²) in [5, 5.41) is 0. The van der Waals surface area contributed by atoms with Gasteiger partial charge in [-0.1, -0.05) is 6.08 Å². The van der Waals surface area contributed by atoms with Crippen molar-refractivity contribution in [3.8, 4) is 0 Å². The van der Waals surface area contributed by atoms with Crippen LogP contribution in [0.5, 0.6) is 0 Å². The lowest BCUT2D eigenvalue weighted by atomic mass is 10.6. The number of hydrogen-bond donors (Lipinski definition) is 0. The molecule has 1 aliphatic heterocycles. The Labute approximate surface area is 60.4 Å². The lowest BCUT2D eigenvalue weighted by molar-refractivity contribution is 0.361. The molecule has 0 saturated heterocycles. The second kappa shape index (κ2) is 7.88. The molecule has 0 unspecified atom stereocenters. The van der Waals surface area contributed by atoms with Gasteiger partial charge in [0, 0.05) is 0 Å². The highest BCUT2D eigenvalue weighted by Gasteiger charge is 1.86. The summed E-state index contributed by atoms with van der Waals surface area (Å²) in [5.74, 6) is 0. The van der Waals surface area contributed by atoms with Crippen LogP contribution in [0.25, 0.3) is 0 Å². The third-order valence-corrected chi connectivity index (χ3v) is 0.669. The van der Waals surface area contributed by atoms with Crippen molar-refractivity contribution in [2.75, 3.05) is 13.2 Å². The van der Waals surface area contributed by atoms with Crippen LogP contribution in [0.3, 0.4) is 0 Å². The van der Waals surface area contributed by atoms with Gasteiger partial charge in [0.15, 0.2) is 0 Å². The summed E-state index contributed by atoms with van der Waals surface area (Å²) < 4.78 is 4.53. The molecule has 0 fully saturated rings. The highest BCUT2D eigenvalue weighted by Crippen LogP contribution is 1.78. The minimum absolute atomic E-state index is 0.722. The minimum Gasteiger partial charge on any atom is -0.472 e. The Hall–Kier alpha value is -1.12. The van der Waals surface area contributed by atoms with Crippen molar-refractivity contribution < 1.29 is 9.53 Å². The van der Waals surface area contributed by atoms with Crippen LogP contribution in [0.2, 0.25) is 0 Å². The molecule has 0 N–H and O–H groups in total. The Morgan fingerprint density at radius 3 is 2.70 bits per heavy atom. The molecule has 0 spiro atoms. The average molecular weight is 139 g/mol. The quantitative estimate of drug-likeness (QED) is 0.499. The predicted molar refractivity (Wildman–Crippen MR) is 38.8 cm³/mol. The first-order chi connectivity index (χ1) is 4.91. The first kappa shape index (κ1) is 8.88. The Bertz CT molecular complexity index is 124. The van der Waals surface area contributed by atoms with Gasteiger partial charge in [0.25, 0.3) is 6.40 Å². The highest BCUT2D eigenvalue weighted by molar-refractivity contribution is 5.65. The number of nitrogens with zero attached hydrogens (tertiary/aromatic N) is 1. The summed E-state index contributed by atoms with van der Waals surface area (Å²) >= 11 is 0. The molecule has 2 radical (unpaired) electrons. The third kappa shape index (κ3) is 6.88. The van der Waals surface area contributed by atoms with Crippen molar-refractivity contribution in [3.63, 3.8) is 0 Å². The Kier molecular flexibility index (Phi) is 7.00. The summed E-state index contributed by atoms with van der Waals surface area (Å²) in [6.45, 7) is 3.28. The first-order valence-corrected chi connectivity index (χ1v) is 2.94. The zero-order chi connectivity index (χ0) is 7.66. The van der Waals surface area contributed by atoms with E-state index in [2.05, 4.69) is 16.1 Å². The maximum atomic E-state index is 9.19. The van der Waals surface area contributed by atoms with Crippen molar-refractivity contribution in [1.82, 2.24) is 0 Å². The normalized spacial score (nSPS) is 14.1. The van der Waals surface area contributed by atoms with Gasteiger partial charge in [-0.3, -0.25) is 4.79 Å². The van der Waals surface area contributed by atoms with Crippen LogP contribution in [0, 0.1) is 0 Å². The van der Waals surface area contributed by atoms with Crippen molar-refractivity contribution in [1.29, 1.82) is 0 Å². The zero-order valence-electron chi connectivity index (χ0n) is 5.83. The molecule has 0 atom stereocenters. The van der Waals surface area contributed by atoms with Crippen LogP contribution in [0.1, 0.15) is 6.92 Å². The summed E-state index contributed by atoms with van der Waals surface area (Å²) in [5.41, 5.74) is 0. The van der Waals surface area contributed by atoms with Gasteiger partial charge in [-0.15, -0.1) is 0 Å². The minimum atomic E-state index is 0.722. The molecule has 0 amide bonds. The van der Waals surface area contributed by atoms with Crippen LogP contribution < -0.4 is 0 Å². The van der Waals surface area contributed by atoms with E-state index in [0.29, 0.717) is 0 Å². The number of ether oxygens (including phenoxy) is 1. The maximum Gasteiger partial charge on any atom is 0.273 e. The fourth-order valence-corrected chi connectivity index (χ4v) is 0.296. The van der Waals surface area contributed by atoms with Crippen molar-refractivity contribution >= 4 is 12.7 Å². The van der Waals surface area contributed by atoms with Gasteiger partial charge >= 0.3 is 0 Å². The molecule has 0 aliphatic carbocycles. The molecular formula is C7H9NO2. The van der Waals surface area contributed by atoms with Gasteiger partial charge in [-0.25, -0.2) is 4.99 Å². The highest BCUT2D eigenvalue weighted by atomic mass is 16.5. The van der Waals surface area contributed by atoms with E-state index < -0.39 is 0 Å². The molecular weight excluding hydrogens is 130 g/mol. The van der Waals surface area contributed by atoms with Crippen molar-refractivity contribution in [2.24, 2.45) is 4.99 Å². The van der Waals surface area contributed by atoms with Gasteiger partial charge < -0.3 is 4.74 Å². The van der Waals surface area contributed by atoms with Gasteiger partial charge in [-0.05, 0) is 13.0 Å². The van der Waals surface area contributed by atoms with E-state index in [1.807, 2.05) is 0 Å². The van der Waals surface area contributed by atoms with Crippen molar-refractivity contribution in [2.45, 2.75) is 6.92 Å². The first-order valence-electron chi connectivity index (χ1n) is 2.94. The number of aliphatic imine (C=N–C) groups is 1. The largest absolute Gasteiger partial charge is 0.472 e. The average Bonchev–Trinajstić information content (AvgIpc) is 2.44. The molecule has 10 heavy (non-hydrogen) atoms. The molecule has 54 valence electrons. The standard InChI is InChI=1S/C4H5O.C3H4NO/c1-2-3-4-5;1-2-5-3-4-1/h2-3H,1H3;1-2H2. The molecule has 0 aromatic rings. The Morgan fingerprint density at radius 1 is 1.80 bits per heavy atom. The molecule has 0 aromatic carbocycles. The summed E-state index contributed by atoms with van der Waals surface area (Å²) in [6, 6.07) is 0. The lowest BCUT2D eigenvalue weighted by Gasteiger charge is -1.74. The molecule has 0 bridgehead atoms. The fourth-order valence-electron chi connectivity index (χ4n) is 0.296. The van der Waals surface area contributed by atoms with Crippen LogP contribution in [-0.4, -0.2) is 25.8 Å². The van der Waals surface area contributed by atoms with E-state index in [4.69, 9.17) is 0 Å². The number of carbonyl (C=O) groups excluding carboxylic acids is 1. The van der Waals surface area contributed by atoms with Crippen LogP contribution >= 0.6 is 0 Å². The van der Waals surface area contributed by atoms with E-state index in [1.165, 1.54) is 6.08 Å². The lowest BCUT2D eigenvalue weighted by Crippen LogP contribution is -1.80. The monoisotopic (exact) mass is 139 g/mol. The van der Waals surface area contributed by atoms with E-state index in [0.717, 1.165) is 13.2 Å². The molecule has 3 heteroatoms. The topological polar surface area (TPSA) is 38.7 Å². The molecule has 3 nitrogen and oxygen atoms in total. The number of hydrogen-bond acceptors (Lipinski definition) is 3. The van der Waals surface area contributed by atoms with E-state index in [1.54, 1.807) is 19.3 Å². The molecule has 1 aliphatic rings. The van der Waals surface area contributed by atoms with Crippen molar-refractivity contribution in [3.05, 3.63) is 12.2 Å². The summed E-state index contributed by atoms with van der Waals surface area (Å²) in [7, 11) is 0. The second-order valence-corrected chi connectivity index (χ2v) is 1.44.